The molecular formula is C15H10BrN3O2. The molecule has 0 aliphatic carbocycles. The zero-order valence-electron chi connectivity index (χ0n) is 10.7. The van der Waals surface area contributed by atoms with Crippen molar-refractivity contribution in [3.63, 3.8) is 0 Å². The summed E-state index contributed by atoms with van der Waals surface area (Å²) < 4.78 is 0.715. The van der Waals surface area contributed by atoms with E-state index in [-0.39, 0.29) is 17.2 Å². The van der Waals surface area contributed by atoms with E-state index in [0.717, 1.165) is 5.39 Å². The molecule has 0 bridgehead atoms. The topological polar surface area (TPSA) is 78.1 Å². The van der Waals surface area contributed by atoms with E-state index in [1.165, 1.54) is 12.1 Å². The molecule has 1 aromatic heterocycles. The highest BCUT2D eigenvalue weighted by Gasteiger charge is 2.10. The van der Waals surface area contributed by atoms with Crippen molar-refractivity contribution >= 4 is 38.2 Å². The Hall–Kier alpha value is -2.47. The minimum atomic E-state index is -0.0142. The van der Waals surface area contributed by atoms with Gasteiger partial charge >= 0.3 is 0 Å². The molecule has 0 aliphatic heterocycles. The van der Waals surface area contributed by atoms with Crippen molar-refractivity contribution in [2.24, 2.45) is 10.2 Å². The highest BCUT2D eigenvalue weighted by Crippen LogP contribution is 2.40. The van der Waals surface area contributed by atoms with Crippen LogP contribution in [0.15, 0.2) is 63.4 Å². The molecule has 5 nitrogen and oxygen atoms in total. The number of hydrogen-bond donors (Lipinski definition) is 2. The van der Waals surface area contributed by atoms with Crippen LogP contribution in [0.1, 0.15) is 0 Å². The Bertz CT molecular complexity index is 835. The van der Waals surface area contributed by atoms with E-state index in [2.05, 4.69) is 31.1 Å². The van der Waals surface area contributed by atoms with Gasteiger partial charge in [-0.25, -0.2) is 4.98 Å². The maximum Gasteiger partial charge on any atom is 0.174 e. The van der Waals surface area contributed by atoms with Crippen LogP contribution in [0.5, 0.6) is 11.5 Å². The number of benzene rings is 2. The van der Waals surface area contributed by atoms with Gasteiger partial charge in [0.25, 0.3) is 0 Å². The molecule has 0 atom stereocenters. The minimum Gasteiger partial charge on any atom is -0.508 e. The number of hydrogen-bond acceptors (Lipinski definition) is 5. The number of phenols is 2. The molecule has 3 rings (SSSR count). The first-order chi connectivity index (χ1) is 10.1. The molecule has 2 N–H and O–H groups in total. The summed E-state index contributed by atoms with van der Waals surface area (Å²) in [5, 5.41) is 29.2. The van der Waals surface area contributed by atoms with Crippen LogP contribution in [-0.4, -0.2) is 15.2 Å². The molecule has 0 radical (unpaired) electrons. The Kier molecular flexibility index (Phi) is 3.53. The Balaban J connectivity index is 2.17. The maximum absolute atomic E-state index is 10.00. The van der Waals surface area contributed by atoms with Crippen molar-refractivity contribution in [3.8, 4) is 11.5 Å². The third kappa shape index (κ3) is 2.71. The van der Waals surface area contributed by atoms with Gasteiger partial charge in [-0.15, -0.1) is 10.2 Å². The third-order valence-electron chi connectivity index (χ3n) is 2.92. The lowest BCUT2D eigenvalue weighted by molar-refractivity contribution is 0.475. The molecule has 0 spiro atoms. The van der Waals surface area contributed by atoms with E-state index in [1.54, 1.807) is 36.5 Å². The van der Waals surface area contributed by atoms with E-state index >= 15 is 0 Å². The largest absolute Gasteiger partial charge is 0.508 e. The van der Waals surface area contributed by atoms with Gasteiger partial charge < -0.3 is 10.2 Å². The van der Waals surface area contributed by atoms with Gasteiger partial charge in [0.15, 0.2) is 5.82 Å². The molecule has 0 fully saturated rings. The summed E-state index contributed by atoms with van der Waals surface area (Å²) in [6.07, 6.45) is 1.61. The number of phenolic OH excluding ortho intramolecular Hbond substituents is 2. The SMILES string of the molecule is Oc1cc(Br)c2ccc(O)c(N=Nc3ccccn3)c2c1. The molecule has 6 heteroatoms. The van der Waals surface area contributed by atoms with Crippen LogP contribution in [0.2, 0.25) is 0 Å². The van der Waals surface area contributed by atoms with Gasteiger partial charge in [0.2, 0.25) is 0 Å². The number of rotatable bonds is 2. The first-order valence-corrected chi connectivity index (χ1v) is 6.91. The first-order valence-electron chi connectivity index (χ1n) is 6.12. The second-order valence-electron chi connectivity index (χ2n) is 4.34. The number of aromatic hydroxyl groups is 2. The van der Waals surface area contributed by atoms with E-state index in [0.29, 0.717) is 15.7 Å². The highest BCUT2D eigenvalue weighted by atomic mass is 79.9. The van der Waals surface area contributed by atoms with Gasteiger partial charge in [0.1, 0.15) is 17.2 Å². The lowest BCUT2D eigenvalue weighted by Crippen LogP contribution is -1.78. The van der Waals surface area contributed by atoms with Crippen LogP contribution in [0, 0.1) is 0 Å². The monoisotopic (exact) mass is 343 g/mol. The Labute approximate surface area is 128 Å². The number of fused-ring (bicyclic) bond motifs is 1. The van der Waals surface area contributed by atoms with Gasteiger partial charge in [-0.3, -0.25) is 0 Å². The average molecular weight is 344 g/mol. The minimum absolute atomic E-state index is 0.0142. The van der Waals surface area contributed by atoms with Gasteiger partial charge in [0.05, 0.1) is 0 Å². The molecule has 2 aromatic carbocycles. The number of halogens is 1. The fourth-order valence-corrected chi connectivity index (χ4v) is 2.55. The fraction of sp³-hybridized carbons (Fsp3) is 0. The Morgan fingerprint density at radius 2 is 1.81 bits per heavy atom. The first kappa shape index (κ1) is 13.5. The summed E-state index contributed by atoms with van der Waals surface area (Å²) in [6, 6.07) is 11.7. The zero-order valence-corrected chi connectivity index (χ0v) is 12.3. The predicted octanol–water partition coefficient (Wildman–Crippen LogP) is 4.82. The quantitative estimate of drug-likeness (QED) is 0.654. The van der Waals surface area contributed by atoms with Gasteiger partial charge in [-0.1, -0.05) is 22.0 Å². The second-order valence-corrected chi connectivity index (χ2v) is 5.20. The lowest BCUT2D eigenvalue weighted by Gasteiger charge is -2.06. The van der Waals surface area contributed by atoms with Crippen molar-refractivity contribution in [1.82, 2.24) is 4.98 Å². The molecule has 0 saturated carbocycles. The molecule has 0 unspecified atom stereocenters. The van der Waals surface area contributed by atoms with Crippen LogP contribution < -0.4 is 0 Å². The second kappa shape index (κ2) is 5.49. The molecule has 0 aliphatic rings. The smallest absolute Gasteiger partial charge is 0.174 e. The molecule has 1 heterocycles. The normalized spacial score (nSPS) is 11.3. The number of pyridine rings is 1. The number of aromatic nitrogens is 1. The van der Waals surface area contributed by atoms with Crippen molar-refractivity contribution in [2.75, 3.05) is 0 Å². The van der Waals surface area contributed by atoms with E-state index in [1.807, 2.05) is 0 Å². The third-order valence-corrected chi connectivity index (χ3v) is 3.58. The van der Waals surface area contributed by atoms with E-state index in [4.69, 9.17) is 0 Å². The zero-order chi connectivity index (χ0) is 14.8. The van der Waals surface area contributed by atoms with Crippen LogP contribution in [0.4, 0.5) is 11.5 Å². The summed E-state index contributed by atoms with van der Waals surface area (Å²) in [6.45, 7) is 0. The fourth-order valence-electron chi connectivity index (χ4n) is 1.97. The number of nitrogens with zero attached hydrogens (tertiary/aromatic N) is 3. The van der Waals surface area contributed by atoms with Crippen LogP contribution >= 0.6 is 15.9 Å². The molecule has 0 saturated heterocycles. The summed E-state index contributed by atoms with van der Waals surface area (Å²) in [4.78, 5) is 4.04. The van der Waals surface area contributed by atoms with Crippen molar-refractivity contribution < 1.29 is 10.2 Å². The molecular weight excluding hydrogens is 334 g/mol. The maximum atomic E-state index is 10.00. The highest BCUT2D eigenvalue weighted by molar-refractivity contribution is 9.10. The Morgan fingerprint density at radius 1 is 0.952 bits per heavy atom. The standard InChI is InChI=1S/C15H10BrN3O2/c16-12-8-9(20)7-11-10(12)4-5-13(21)15(11)19-18-14-3-1-2-6-17-14/h1-8,20-21H. The average Bonchev–Trinajstić information content (AvgIpc) is 2.47. The van der Waals surface area contributed by atoms with E-state index < -0.39 is 0 Å². The molecule has 3 aromatic rings. The van der Waals surface area contributed by atoms with Gasteiger partial charge in [0, 0.05) is 16.1 Å². The van der Waals surface area contributed by atoms with Crippen LogP contribution in [-0.2, 0) is 0 Å². The van der Waals surface area contributed by atoms with Crippen LogP contribution in [0.3, 0.4) is 0 Å². The summed E-state index contributed by atoms with van der Waals surface area (Å²) in [5.41, 5.74) is 0.287. The summed E-state index contributed by atoms with van der Waals surface area (Å²) >= 11 is 3.38. The van der Waals surface area contributed by atoms with Crippen molar-refractivity contribution in [3.05, 3.63) is 53.1 Å². The van der Waals surface area contributed by atoms with Gasteiger partial charge in [-0.05, 0) is 41.8 Å². The van der Waals surface area contributed by atoms with Crippen molar-refractivity contribution in [1.29, 1.82) is 0 Å². The van der Waals surface area contributed by atoms with Gasteiger partial charge in [-0.2, -0.15) is 0 Å². The lowest BCUT2D eigenvalue weighted by atomic mass is 10.1. The summed E-state index contributed by atoms with van der Waals surface area (Å²) in [7, 11) is 0. The van der Waals surface area contributed by atoms with E-state index in [9.17, 15) is 10.2 Å². The summed E-state index contributed by atoms with van der Waals surface area (Å²) in [5.74, 6) is 0.502. The van der Waals surface area contributed by atoms with Crippen LogP contribution in [0.25, 0.3) is 10.8 Å². The number of azo groups is 1. The molecule has 21 heavy (non-hydrogen) atoms. The molecule has 104 valence electrons. The predicted molar refractivity (Wildman–Crippen MR) is 83.4 cm³/mol. The molecule has 0 amide bonds. The Morgan fingerprint density at radius 3 is 2.57 bits per heavy atom. The van der Waals surface area contributed by atoms with Crippen molar-refractivity contribution in [2.45, 2.75) is 0 Å².